The van der Waals surface area contributed by atoms with Gasteiger partial charge in [0, 0.05) is 3.58 Å². The first kappa shape index (κ1) is 11.9. The summed E-state index contributed by atoms with van der Waals surface area (Å²) in [6, 6.07) is 0. The molecule has 0 atom stereocenters. The molecule has 0 aromatic rings. The molecule has 0 saturated heterocycles. The molecule has 0 fully saturated rings. The molecule has 0 amide bonds. The Hall–Kier alpha value is -0.140. The van der Waals surface area contributed by atoms with Crippen molar-refractivity contribution in [2.45, 2.75) is 38.8 Å². The van der Waals surface area contributed by atoms with Gasteiger partial charge in [-0.05, 0) is 50.3 Å². The molecule has 14 heavy (non-hydrogen) atoms. The monoisotopic (exact) mass is 310 g/mol. The Morgan fingerprint density at radius 2 is 1.71 bits per heavy atom. The summed E-state index contributed by atoms with van der Waals surface area (Å²) in [5, 5.41) is 21.8. The fourth-order valence-corrected chi connectivity index (χ4v) is 2.93. The highest BCUT2D eigenvalue weighted by Crippen LogP contribution is 2.46. The molecule has 0 spiro atoms. The minimum atomic E-state index is -1.01. The van der Waals surface area contributed by atoms with Crippen molar-refractivity contribution in [1.82, 2.24) is 5.06 Å². The highest BCUT2D eigenvalue weighted by Gasteiger charge is 2.53. The van der Waals surface area contributed by atoms with Crippen molar-refractivity contribution >= 4 is 28.6 Å². The van der Waals surface area contributed by atoms with Gasteiger partial charge >= 0.3 is 5.97 Å². The summed E-state index contributed by atoms with van der Waals surface area (Å²) in [7, 11) is 0. The average molecular weight is 310 g/mol. The van der Waals surface area contributed by atoms with Crippen molar-refractivity contribution in [3.05, 3.63) is 9.15 Å². The van der Waals surface area contributed by atoms with E-state index in [9.17, 15) is 10.0 Å². The van der Waals surface area contributed by atoms with Gasteiger partial charge in [-0.15, -0.1) is 10.3 Å². The van der Waals surface area contributed by atoms with Crippen LogP contribution in [-0.4, -0.2) is 27.2 Å². The second kappa shape index (κ2) is 3.18. The molecule has 0 bridgehead atoms. The van der Waals surface area contributed by atoms with Crippen LogP contribution in [0, 0.1) is 0 Å². The standard InChI is InChI=1S/C9H13INO3/c1-8(2)5(7(12)13)6(10)9(3,4)11(8)14/h1-4H3,(H,12,13). The lowest BCUT2D eigenvalue weighted by molar-refractivity contribution is -0.239. The molecule has 0 unspecified atom stereocenters. The van der Waals surface area contributed by atoms with Gasteiger partial charge in [0.25, 0.3) is 0 Å². The summed E-state index contributed by atoms with van der Waals surface area (Å²) in [6.07, 6.45) is 0. The van der Waals surface area contributed by atoms with Gasteiger partial charge < -0.3 is 5.11 Å². The van der Waals surface area contributed by atoms with Gasteiger partial charge in [0.05, 0.1) is 16.7 Å². The van der Waals surface area contributed by atoms with Crippen LogP contribution in [0.3, 0.4) is 0 Å². The molecule has 0 saturated carbocycles. The van der Waals surface area contributed by atoms with E-state index in [1.807, 2.05) is 22.6 Å². The Bertz CT molecular complexity index is 320. The summed E-state index contributed by atoms with van der Waals surface area (Å²) in [6.45, 7) is 6.74. The SMILES string of the molecule is CC1(C)C(I)=C(C(=O)O)C(C)(C)N1[O]. The molecule has 1 aliphatic rings. The van der Waals surface area contributed by atoms with Crippen LogP contribution in [0.1, 0.15) is 27.7 Å². The third-order valence-electron chi connectivity index (χ3n) is 2.60. The van der Waals surface area contributed by atoms with Gasteiger partial charge in [0.1, 0.15) is 0 Å². The van der Waals surface area contributed by atoms with Crippen molar-refractivity contribution in [2.75, 3.05) is 0 Å². The van der Waals surface area contributed by atoms with E-state index in [0.717, 1.165) is 5.06 Å². The number of rotatable bonds is 1. The summed E-state index contributed by atoms with van der Waals surface area (Å²) >= 11 is 1.95. The first-order valence-corrected chi connectivity index (χ1v) is 5.33. The minimum Gasteiger partial charge on any atom is -0.478 e. The second-order valence-electron chi connectivity index (χ2n) is 4.41. The fraction of sp³-hybridized carbons (Fsp3) is 0.667. The largest absolute Gasteiger partial charge is 0.478 e. The molecule has 4 nitrogen and oxygen atoms in total. The third kappa shape index (κ3) is 1.38. The lowest BCUT2D eigenvalue weighted by Gasteiger charge is -2.33. The number of carboxylic acids is 1. The van der Waals surface area contributed by atoms with E-state index >= 15 is 0 Å². The summed E-state index contributed by atoms with van der Waals surface area (Å²) < 4.78 is 0.614. The average Bonchev–Trinajstić information content (AvgIpc) is 2.10. The molecule has 1 N–H and O–H groups in total. The lowest BCUT2D eigenvalue weighted by atomic mass is 9.97. The minimum absolute atomic E-state index is 0.207. The smallest absolute Gasteiger partial charge is 0.334 e. The number of nitrogens with zero attached hydrogens (tertiary/aromatic N) is 1. The van der Waals surface area contributed by atoms with Crippen molar-refractivity contribution in [3.63, 3.8) is 0 Å². The lowest BCUT2D eigenvalue weighted by Crippen LogP contribution is -2.48. The third-order valence-corrected chi connectivity index (χ3v) is 4.46. The predicted octanol–water partition coefficient (Wildman–Crippen LogP) is 1.98. The quantitative estimate of drug-likeness (QED) is 0.753. The van der Waals surface area contributed by atoms with Crippen LogP contribution in [0.4, 0.5) is 0 Å². The van der Waals surface area contributed by atoms with E-state index in [1.165, 1.54) is 0 Å². The van der Waals surface area contributed by atoms with Crippen LogP contribution < -0.4 is 0 Å². The van der Waals surface area contributed by atoms with E-state index in [1.54, 1.807) is 27.7 Å². The van der Waals surface area contributed by atoms with E-state index in [-0.39, 0.29) is 5.57 Å². The molecule has 1 heterocycles. The van der Waals surface area contributed by atoms with Crippen LogP contribution in [0.25, 0.3) is 0 Å². The Balaban J connectivity index is 3.37. The highest BCUT2D eigenvalue weighted by molar-refractivity contribution is 14.1. The summed E-state index contributed by atoms with van der Waals surface area (Å²) in [5.74, 6) is -1.01. The highest BCUT2D eigenvalue weighted by atomic mass is 127. The first-order chi connectivity index (χ1) is 6.13. The van der Waals surface area contributed by atoms with Crippen LogP contribution in [-0.2, 0) is 10.0 Å². The van der Waals surface area contributed by atoms with Crippen molar-refractivity contribution < 1.29 is 15.1 Å². The van der Waals surface area contributed by atoms with Gasteiger partial charge in [-0.25, -0.2) is 4.79 Å². The molecule has 1 aliphatic heterocycles. The second-order valence-corrected chi connectivity index (χ2v) is 5.49. The topological polar surface area (TPSA) is 60.4 Å². The number of carbonyl (C=O) groups is 1. The predicted molar refractivity (Wildman–Crippen MR) is 59.4 cm³/mol. The first-order valence-electron chi connectivity index (χ1n) is 4.25. The van der Waals surface area contributed by atoms with E-state index in [2.05, 4.69) is 0 Å². The maximum absolute atomic E-state index is 11.9. The van der Waals surface area contributed by atoms with Gasteiger partial charge in [0.15, 0.2) is 0 Å². The van der Waals surface area contributed by atoms with E-state index < -0.39 is 17.0 Å². The van der Waals surface area contributed by atoms with E-state index in [0.29, 0.717) is 3.58 Å². The number of hydrogen-bond acceptors (Lipinski definition) is 2. The van der Waals surface area contributed by atoms with Crippen molar-refractivity contribution in [2.24, 2.45) is 0 Å². The molecular weight excluding hydrogens is 297 g/mol. The molecular formula is C9H13INO3. The number of hydrogen-bond donors (Lipinski definition) is 1. The Morgan fingerprint density at radius 1 is 1.29 bits per heavy atom. The molecule has 0 aliphatic carbocycles. The van der Waals surface area contributed by atoms with E-state index in [4.69, 9.17) is 5.11 Å². The van der Waals surface area contributed by atoms with Crippen LogP contribution >= 0.6 is 22.6 Å². The van der Waals surface area contributed by atoms with Crippen LogP contribution in [0.5, 0.6) is 0 Å². The molecule has 79 valence electrons. The number of halogens is 1. The zero-order valence-corrected chi connectivity index (χ0v) is 10.7. The number of carboxylic acid groups (broad SMARTS) is 1. The fourth-order valence-electron chi connectivity index (χ4n) is 1.82. The molecule has 0 aromatic heterocycles. The van der Waals surface area contributed by atoms with Gasteiger partial charge in [-0.2, -0.15) is 0 Å². The van der Waals surface area contributed by atoms with Gasteiger partial charge in [0.2, 0.25) is 0 Å². The molecule has 1 rings (SSSR count). The van der Waals surface area contributed by atoms with Gasteiger partial charge in [-0.1, -0.05) is 0 Å². The normalized spacial score (nSPS) is 25.6. The molecule has 0 aromatic carbocycles. The number of hydroxylamine groups is 2. The maximum atomic E-state index is 11.9. The zero-order valence-electron chi connectivity index (χ0n) is 8.59. The number of aliphatic carboxylic acids is 1. The molecule has 5 heteroatoms. The zero-order chi connectivity index (χ0) is 11.3. The van der Waals surface area contributed by atoms with Crippen LogP contribution in [0.2, 0.25) is 0 Å². The van der Waals surface area contributed by atoms with Crippen molar-refractivity contribution in [3.8, 4) is 0 Å². The van der Waals surface area contributed by atoms with Gasteiger partial charge in [-0.3, -0.25) is 0 Å². The van der Waals surface area contributed by atoms with Crippen LogP contribution in [0.15, 0.2) is 9.15 Å². The maximum Gasteiger partial charge on any atom is 0.334 e. The summed E-state index contributed by atoms with van der Waals surface area (Å²) in [4.78, 5) is 11.0. The Labute approximate surface area is 96.7 Å². The van der Waals surface area contributed by atoms with Crippen molar-refractivity contribution in [1.29, 1.82) is 0 Å². The Morgan fingerprint density at radius 3 is 1.86 bits per heavy atom. The summed E-state index contributed by atoms with van der Waals surface area (Å²) in [5.41, 5.74) is -1.48. The molecule has 1 radical (unpaired) electrons. The Kier molecular flexibility index (Phi) is 2.71.